The second-order valence-electron chi connectivity index (χ2n) is 7.59. The molecule has 1 aliphatic rings. The summed E-state index contributed by atoms with van der Waals surface area (Å²) >= 11 is 0. The number of nitrogens with zero attached hydrogens (tertiary/aromatic N) is 2. The summed E-state index contributed by atoms with van der Waals surface area (Å²) in [5.74, 6) is -0.542. The fraction of sp³-hybridized carbons (Fsp3) is 0.192. The first-order valence-corrected chi connectivity index (χ1v) is 10.5. The zero-order chi connectivity index (χ0) is 24.2. The van der Waals surface area contributed by atoms with Gasteiger partial charge in [-0.1, -0.05) is 18.2 Å². The SMILES string of the molecule is COc1cccc(C2/C(=C(\O)c3cc(OC)ccc3OC)C(=O)C(=O)N2Cc2ccccn2)c1. The molecule has 1 unspecified atom stereocenters. The van der Waals surface area contributed by atoms with Crippen molar-refractivity contribution in [3.05, 3.63) is 89.3 Å². The molecule has 1 aliphatic heterocycles. The quantitative estimate of drug-likeness (QED) is 0.326. The van der Waals surface area contributed by atoms with Crippen LogP contribution in [0.4, 0.5) is 0 Å². The van der Waals surface area contributed by atoms with Crippen LogP contribution >= 0.6 is 0 Å². The number of carbonyl (C=O) groups is 2. The summed E-state index contributed by atoms with van der Waals surface area (Å²) < 4.78 is 16.0. The molecule has 1 N–H and O–H groups in total. The second kappa shape index (κ2) is 9.66. The van der Waals surface area contributed by atoms with Crippen molar-refractivity contribution in [2.45, 2.75) is 12.6 Å². The van der Waals surface area contributed by atoms with Crippen LogP contribution in [0.25, 0.3) is 5.76 Å². The summed E-state index contributed by atoms with van der Waals surface area (Å²) in [5, 5.41) is 11.4. The van der Waals surface area contributed by atoms with E-state index in [1.165, 1.54) is 26.2 Å². The maximum atomic E-state index is 13.3. The number of ether oxygens (including phenoxy) is 3. The Morgan fingerprint density at radius 3 is 2.38 bits per heavy atom. The van der Waals surface area contributed by atoms with E-state index in [9.17, 15) is 14.7 Å². The number of hydrogen-bond acceptors (Lipinski definition) is 7. The van der Waals surface area contributed by atoms with Crippen LogP contribution in [0.1, 0.15) is 22.9 Å². The Bertz CT molecular complexity index is 1260. The number of ketones is 1. The van der Waals surface area contributed by atoms with Gasteiger partial charge in [0.05, 0.1) is 50.7 Å². The van der Waals surface area contributed by atoms with Gasteiger partial charge in [0, 0.05) is 6.20 Å². The standard InChI is InChI=1S/C26H24N2O6/c1-32-18-9-6-7-16(13-18)23-22(24(29)20-14-19(33-2)10-11-21(20)34-3)25(30)26(31)28(23)15-17-8-4-5-12-27-17/h4-14,23,29H,15H2,1-3H3/b24-22+. The average Bonchev–Trinajstić information content (AvgIpc) is 3.13. The van der Waals surface area contributed by atoms with Crippen molar-refractivity contribution in [1.82, 2.24) is 9.88 Å². The number of likely N-dealkylation sites (tertiary alicyclic amines) is 1. The summed E-state index contributed by atoms with van der Waals surface area (Å²) in [5.41, 5.74) is 1.40. The van der Waals surface area contributed by atoms with Crippen molar-refractivity contribution in [2.75, 3.05) is 21.3 Å². The predicted molar refractivity (Wildman–Crippen MR) is 125 cm³/mol. The summed E-state index contributed by atoms with van der Waals surface area (Å²) in [6.07, 6.45) is 1.62. The molecule has 34 heavy (non-hydrogen) atoms. The Hall–Kier alpha value is -4.33. The number of rotatable bonds is 7. The number of Topliss-reactive ketones (excluding diaryl/α,β-unsaturated/α-hetero) is 1. The van der Waals surface area contributed by atoms with E-state index in [2.05, 4.69) is 4.98 Å². The Morgan fingerprint density at radius 1 is 0.941 bits per heavy atom. The number of hydrogen-bond donors (Lipinski definition) is 1. The predicted octanol–water partition coefficient (Wildman–Crippen LogP) is 3.73. The third-order valence-electron chi connectivity index (χ3n) is 5.67. The Morgan fingerprint density at radius 2 is 1.71 bits per heavy atom. The summed E-state index contributed by atoms with van der Waals surface area (Å²) in [7, 11) is 4.48. The minimum atomic E-state index is -0.868. The molecule has 0 aliphatic carbocycles. The fourth-order valence-electron chi connectivity index (χ4n) is 4.01. The van der Waals surface area contributed by atoms with Crippen LogP contribution in [0.5, 0.6) is 17.2 Å². The number of aromatic nitrogens is 1. The van der Waals surface area contributed by atoms with Gasteiger partial charge in [-0.2, -0.15) is 0 Å². The molecule has 1 saturated heterocycles. The molecule has 0 saturated carbocycles. The minimum absolute atomic E-state index is 0.0549. The van der Waals surface area contributed by atoms with E-state index in [1.807, 2.05) is 0 Å². The highest BCUT2D eigenvalue weighted by atomic mass is 16.5. The third kappa shape index (κ3) is 4.17. The maximum absolute atomic E-state index is 13.3. The van der Waals surface area contributed by atoms with Gasteiger partial charge in [0.1, 0.15) is 23.0 Å². The van der Waals surface area contributed by atoms with Crippen LogP contribution in [0.15, 0.2) is 72.4 Å². The van der Waals surface area contributed by atoms with Gasteiger partial charge in [0.2, 0.25) is 0 Å². The molecule has 174 valence electrons. The molecule has 0 spiro atoms. The molecule has 1 aromatic heterocycles. The molecule has 8 heteroatoms. The topological polar surface area (TPSA) is 98.2 Å². The fourth-order valence-corrected chi connectivity index (χ4v) is 4.01. The summed E-state index contributed by atoms with van der Waals surface area (Å²) in [6.45, 7) is 0.0827. The first kappa shape index (κ1) is 22.8. The molecule has 8 nitrogen and oxygen atoms in total. The molecule has 2 heterocycles. The molecule has 2 aromatic carbocycles. The van der Waals surface area contributed by atoms with Gasteiger partial charge in [-0.25, -0.2) is 0 Å². The lowest BCUT2D eigenvalue weighted by Crippen LogP contribution is -2.29. The summed E-state index contributed by atoms with van der Waals surface area (Å²) in [4.78, 5) is 32.2. The molecule has 1 amide bonds. The maximum Gasteiger partial charge on any atom is 0.296 e. The monoisotopic (exact) mass is 460 g/mol. The van der Waals surface area contributed by atoms with Gasteiger partial charge in [-0.15, -0.1) is 0 Å². The largest absolute Gasteiger partial charge is 0.507 e. The van der Waals surface area contributed by atoms with E-state index >= 15 is 0 Å². The number of pyridine rings is 1. The van der Waals surface area contributed by atoms with E-state index in [0.717, 1.165) is 0 Å². The van der Waals surface area contributed by atoms with Crippen molar-refractivity contribution in [3.63, 3.8) is 0 Å². The van der Waals surface area contributed by atoms with Crippen molar-refractivity contribution >= 4 is 17.4 Å². The molecule has 0 radical (unpaired) electrons. The number of carbonyl (C=O) groups excluding carboxylic acids is 2. The van der Waals surface area contributed by atoms with E-state index < -0.39 is 17.7 Å². The Kier molecular flexibility index (Phi) is 6.49. The van der Waals surface area contributed by atoms with Crippen molar-refractivity contribution in [1.29, 1.82) is 0 Å². The Labute approximate surface area is 197 Å². The van der Waals surface area contributed by atoms with Crippen molar-refractivity contribution in [2.24, 2.45) is 0 Å². The van der Waals surface area contributed by atoms with Gasteiger partial charge in [-0.05, 0) is 48.0 Å². The number of amides is 1. The average molecular weight is 460 g/mol. The van der Waals surface area contributed by atoms with Crippen LogP contribution < -0.4 is 14.2 Å². The number of methoxy groups -OCH3 is 3. The molecule has 0 bridgehead atoms. The van der Waals surface area contributed by atoms with Crippen LogP contribution in [0, 0.1) is 0 Å². The first-order valence-electron chi connectivity index (χ1n) is 10.5. The number of aliphatic hydroxyl groups excluding tert-OH is 1. The lowest BCUT2D eigenvalue weighted by atomic mass is 9.94. The molecule has 1 atom stereocenters. The highest BCUT2D eigenvalue weighted by Crippen LogP contribution is 2.42. The molecule has 1 fully saturated rings. The van der Waals surface area contributed by atoms with Gasteiger partial charge < -0.3 is 24.2 Å². The number of aliphatic hydroxyl groups is 1. The van der Waals surface area contributed by atoms with E-state index in [1.54, 1.807) is 66.9 Å². The lowest BCUT2D eigenvalue weighted by molar-refractivity contribution is -0.140. The van der Waals surface area contributed by atoms with Gasteiger partial charge in [0.15, 0.2) is 0 Å². The van der Waals surface area contributed by atoms with Crippen LogP contribution in [-0.4, -0.2) is 48.0 Å². The zero-order valence-electron chi connectivity index (χ0n) is 19.0. The second-order valence-corrected chi connectivity index (χ2v) is 7.59. The van der Waals surface area contributed by atoms with Gasteiger partial charge >= 0.3 is 0 Å². The molecule has 4 rings (SSSR count). The smallest absolute Gasteiger partial charge is 0.296 e. The zero-order valence-corrected chi connectivity index (χ0v) is 19.0. The summed E-state index contributed by atoms with van der Waals surface area (Å²) in [6, 6.07) is 16.4. The number of benzene rings is 2. The third-order valence-corrected chi connectivity index (χ3v) is 5.67. The molecular formula is C26H24N2O6. The molecular weight excluding hydrogens is 436 g/mol. The van der Waals surface area contributed by atoms with E-state index in [4.69, 9.17) is 14.2 Å². The van der Waals surface area contributed by atoms with Gasteiger partial charge in [-0.3, -0.25) is 14.6 Å². The van der Waals surface area contributed by atoms with Crippen molar-refractivity contribution < 1.29 is 28.9 Å². The van der Waals surface area contributed by atoms with E-state index in [-0.39, 0.29) is 23.4 Å². The van der Waals surface area contributed by atoms with Gasteiger partial charge in [0.25, 0.3) is 11.7 Å². The van der Waals surface area contributed by atoms with Crippen molar-refractivity contribution in [3.8, 4) is 17.2 Å². The van der Waals surface area contributed by atoms with E-state index in [0.29, 0.717) is 28.5 Å². The minimum Gasteiger partial charge on any atom is -0.507 e. The lowest BCUT2D eigenvalue weighted by Gasteiger charge is -2.25. The highest BCUT2D eigenvalue weighted by molar-refractivity contribution is 6.46. The molecule has 3 aromatic rings. The van der Waals surface area contributed by atoms with Crippen LogP contribution in [-0.2, 0) is 16.1 Å². The van der Waals surface area contributed by atoms with Crippen LogP contribution in [0.2, 0.25) is 0 Å². The normalized spacial score (nSPS) is 17.0. The first-order chi connectivity index (χ1) is 16.5. The highest BCUT2D eigenvalue weighted by Gasteiger charge is 2.46. The van der Waals surface area contributed by atoms with Crippen LogP contribution in [0.3, 0.4) is 0 Å². The Balaban J connectivity index is 1.92.